The van der Waals surface area contributed by atoms with Gasteiger partial charge in [0.15, 0.2) is 0 Å². The van der Waals surface area contributed by atoms with Gasteiger partial charge in [-0.1, -0.05) is 12.1 Å². The first kappa shape index (κ1) is 14.9. The normalized spacial score (nSPS) is 14.9. The van der Waals surface area contributed by atoms with Gasteiger partial charge in [0.25, 0.3) is 0 Å². The summed E-state index contributed by atoms with van der Waals surface area (Å²) in [5.74, 6) is 0. The quantitative estimate of drug-likeness (QED) is 0.890. The van der Waals surface area contributed by atoms with Crippen LogP contribution >= 0.6 is 0 Å². The fourth-order valence-corrected chi connectivity index (χ4v) is 2.89. The SMILES string of the molecule is OCc1ccncc1NCc1ccc(N2CCCCC2)cc1. The average Bonchev–Trinajstić information content (AvgIpc) is 2.61. The lowest BCUT2D eigenvalue weighted by atomic mass is 10.1. The number of aliphatic hydroxyl groups excluding tert-OH is 1. The van der Waals surface area contributed by atoms with Crippen molar-refractivity contribution in [1.82, 2.24) is 4.98 Å². The molecule has 4 nitrogen and oxygen atoms in total. The van der Waals surface area contributed by atoms with Crippen LogP contribution in [0.25, 0.3) is 0 Å². The van der Waals surface area contributed by atoms with Crippen LogP contribution in [0.15, 0.2) is 42.7 Å². The highest BCUT2D eigenvalue weighted by atomic mass is 16.3. The molecule has 1 fully saturated rings. The van der Waals surface area contributed by atoms with E-state index in [4.69, 9.17) is 0 Å². The minimum atomic E-state index is 0.0265. The van der Waals surface area contributed by atoms with Crippen LogP contribution in [0.4, 0.5) is 11.4 Å². The number of aliphatic hydroxyl groups is 1. The Morgan fingerprint density at radius 1 is 1.05 bits per heavy atom. The molecule has 0 bridgehead atoms. The van der Waals surface area contributed by atoms with Crippen LogP contribution < -0.4 is 10.2 Å². The van der Waals surface area contributed by atoms with E-state index >= 15 is 0 Å². The van der Waals surface area contributed by atoms with Crippen LogP contribution in [0, 0.1) is 0 Å². The molecule has 0 spiro atoms. The van der Waals surface area contributed by atoms with Crippen LogP contribution in [-0.2, 0) is 13.2 Å². The molecule has 0 radical (unpaired) electrons. The minimum absolute atomic E-state index is 0.0265. The van der Waals surface area contributed by atoms with Gasteiger partial charge in [0, 0.05) is 37.1 Å². The van der Waals surface area contributed by atoms with Gasteiger partial charge in [0.05, 0.1) is 18.5 Å². The number of nitrogens with zero attached hydrogens (tertiary/aromatic N) is 2. The van der Waals surface area contributed by atoms with E-state index in [0.717, 1.165) is 17.8 Å². The summed E-state index contributed by atoms with van der Waals surface area (Å²) in [4.78, 5) is 6.56. The van der Waals surface area contributed by atoms with E-state index in [1.807, 2.05) is 6.07 Å². The van der Waals surface area contributed by atoms with Crippen LogP contribution in [0.5, 0.6) is 0 Å². The maximum atomic E-state index is 9.32. The fourth-order valence-electron chi connectivity index (χ4n) is 2.89. The van der Waals surface area contributed by atoms with Gasteiger partial charge in [-0.3, -0.25) is 4.98 Å². The Hall–Kier alpha value is -2.07. The number of hydrogen-bond donors (Lipinski definition) is 2. The zero-order chi connectivity index (χ0) is 15.2. The van der Waals surface area contributed by atoms with Crippen molar-refractivity contribution < 1.29 is 5.11 Å². The molecule has 1 aliphatic heterocycles. The molecule has 2 N–H and O–H groups in total. The molecule has 4 heteroatoms. The van der Waals surface area contributed by atoms with Crippen molar-refractivity contribution >= 4 is 11.4 Å². The minimum Gasteiger partial charge on any atom is -0.392 e. The number of pyridine rings is 1. The molecule has 1 aromatic heterocycles. The van der Waals surface area contributed by atoms with E-state index in [-0.39, 0.29) is 6.61 Å². The molecule has 0 amide bonds. The first-order valence-electron chi connectivity index (χ1n) is 7.98. The lowest BCUT2D eigenvalue weighted by molar-refractivity contribution is 0.282. The first-order valence-corrected chi connectivity index (χ1v) is 7.98. The Balaban J connectivity index is 1.61. The molecule has 0 atom stereocenters. The van der Waals surface area contributed by atoms with Crippen LogP contribution in [0.2, 0.25) is 0 Å². The summed E-state index contributed by atoms with van der Waals surface area (Å²) in [6.07, 6.45) is 7.41. The number of benzene rings is 1. The summed E-state index contributed by atoms with van der Waals surface area (Å²) in [6.45, 7) is 3.11. The van der Waals surface area contributed by atoms with Gasteiger partial charge in [0.1, 0.15) is 0 Å². The Kier molecular flexibility index (Phi) is 4.91. The number of hydrogen-bond acceptors (Lipinski definition) is 4. The summed E-state index contributed by atoms with van der Waals surface area (Å²) in [5.41, 5.74) is 4.32. The van der Waals surface area contributed by atoms with Crippen molar-refractivity contribution in [2.24, 2.45) is 0 Å². The second kappa shape index (κ2) is 7.27. The Morgan fingerprint density at radius 3 is 2.55 bits per heavy atom. The van der Waals surface area contributed by atoms with Gasteiger partial charge in [-0.05, 0) is 43.0 Å². The Bertz CT molecular complexity index is 592. The molecule has 2 heterocycles. The molecule has 1 aliphatic rings. The zero-order valence-electron chi connectivity index (χ0n) is 12.8. The Labute approximate surface area is 131 Å². The first-order chi connectivity index (χ1) is 10.9. The molecular formula is C18H23N3O. The molecule has 2 aromatic rings. The summed E-state index contributed by atoms with van der Waals surface area (Å²) in [6, 6.07) is 10.6. The number of rotatable bonds is 5. The van der Waals surface area contributed by atoms with Gasteiger partial charge in [-0.15, -0.1) is 0 Å². The van der Waals surface area contributed by atoms with Crippen molar-refractivity contribution in [1.29, 1.82) is 0 Å². The zero-order valence-corrected chi connectivity index (χ0v) is 12.8. The molecule has 0 aliphatic carbocycles. The number of nitrogens with one attached hydrogen (secondary N) is 1. The van der Waals surface area contributed by atoms with E-state index in [1.165, 1.54) is 43.6 Å². The molecule has 1 saturated heterocycles. The highest BCUT2D eigenvalue weighted by molar-refractivity contribution is 5.51. The van der Waals surface area contributed by atoms with Gasteiger partial charge >= 0.3 is 0 Å². The predicted octanol–water partition coefficient (Wildman–Crippen LogP) is 3.18. The average molecular weight is 297 g/mol. The smallest absolute Gasteiger partial charge is 0.0703 e. The molecule has 3 rings (SSSR count). The third kappa shape index (κ3) is 3.57. The summed E-state index contributed by atoms with van der Waals surface area (Å²) >= 11 is 0. The maximum Gasteiger partial charge on any atom is 0.0703 e. The lowest BCUT2D eigenvalue weighted by Crippen LogP contribution is -2.29. The fraction of sp³-hybridized carbons (Fsp3) is 0.389. The summed E-state index contributed by atoms with van der Waals surface area (Å²) in [5, 5.41) is 12.7. The molecule has 22 heavy (non-hydrogen) atoms. The van der Waals surface area contributed by atoms with Crippen LogP contribution in [-0.4, -0.2) is 23.2 Å². The summed E-state index contributed by atoms with van der Waals surface area (Å²) in [7, 11) is 0. The van der Waals surface area contributed by atoms with Crippen molar-refractivity contribution in [3.8, 4) is 0 Å². The topological polar surface area (TPSA) is 48.4 Å². The standard InChI is InChI=1S/C18H23N3O/c22-14-16-8-9-19-13-18(16)20-12-15-4-6-17(7-5-15)21-10-2-1-3-11-21/h4-9,13,20,22H,1-3,10-12,14H2. The number of aromatic nitrogens is 1. The molecule has 0 unspecified atom stereocenters. The van der Waals surface area contributed by atoms with Crippen LogP contribution in [0.3, 0.4) is 0 Å². The van der Waals surface area contributed by atoms with Gasteiger partial charge < -0.3 is 15.3 Å². The van der Waals surface area contributed by atoms with Gasteiger partial charge in [-0.2, -0.15) is 0 Å². The molecule has 116 valence electrons. The lowest BCUT2D eigenvalue weighted by Gasteiger charge is -2.28. The van der Waals surface area contributed by atoms with E-state index in [9.17, 15) is 5.11 Å². The highest BCUT2D eigenvalue weighted by Gasteiger charge is 2.10. The summed E-state index contributed by atoms with van der Waals surface area (Å²) < 4.78 is 0. The second-order valence-electron chi connectivity index (χ2n) is 5.76. The number of anilines is 2. The Morgan fingerprint density at radius 2 is 1.82 bits per heavy atom. The number of piperidine rings is 1. The second-order valence-corrected chi connectivity index (χ2v) is 5.76. The molecular weight excluding hydrogens is 274 g/mol. The van der Waals surface area contributed by atoms with Crippen molar-refractivity contribution in [3.63, 3.8) is 0 Å². The van der Waals surface area contributed by atoms with Gasteiger partial charge in [0.2, 0.25) is 0 Å². The van der Waals surface area contributed by atoms with E-state index in [2.05, 4.69) is 39.5 Å². The van der Waals surface area contributed by atoms with Gasteiger partial charge in [-0.25, -0.2) is 0 Å². The van der Waals surface area contributed by atoms with Crippen molar-refractivity contribution in [2.75, 3.05) is 23.3 Å². The van der Waals surface area contributed by atoms with E-state index in [0.29, 0.717) is 0 Å². The van der Waals surface area contributed by atoms with Crippen molar-refractivity contribution in [3.05, 3.63) is 53.9 Å². The van der Waals surface area contributed by atoms with E-state index in [1.54, 1.807) is 12.4 Å². The molecule has 0 saturated carbocycles. The maximum absolute atomic E-state index is 9.32. The molecule has 1 aromatic carbocycles. The highest BCUT2D eigenvalue weighted by Crippen LogP contribution is 2.21. The largest absolute Gasteiger partial charge is 0.392 e. The van der Waals surface area contributed by atoms with Crippen molar-refractivity contribution in [2.45, 2.75) is 32.4 Å². The third-order valence-corrected chi connectivity index (χ3v) is 4.22. The monoisotopic (exact) mass is 297 g/mol. The third-order valence-electron chi connectivity index (χ3n) is 4.22. The van der Waals surface area contributed by atoms with Crippen LogP contribution in [0.1, 0.15) is 30.4 Å². The predicted molar refractivity (Wildman–Crippen MR) is 90.0 cm³/mol. The van der Waals surface area contributed by atoms with E-state index < -0.39 is 0 Å².